The van der Waals surface area contributed by atoms with Gasteiger partial charge in [-0.25, -0.2) is 50.9 Å². The van der Waals surface area contributed by atoms with Gasteiger partial charge in [-0.05, 0) is 115 Å². The van der Waals surface area contributed by atoms with Crippen molar-refractivity contribution in [3.05, 3.63) is 211 Å². The molecule has 0 spiro atoms. The number of esters is 2. The SMILES string of the molecule is C=CC(=C)Oc1ccc(-n2c(-c3c(F)cc(C#N)cc3F)nc3c2c2nc(-c4c(F)cc(C#N)cc4F)n(-c4ccc(OC(=O)C=C)cc4)c2c2nc(-c4c(F)cc(C#N)cc4F)n(-c4ccc(OC(=O)C=C)cc4)c32)cc1. The van der Waals surface area contributed by atoms with E-state index in [0.717, 1.165) is 48.6 Å². The van der Waals surface area contributed by atoms with Crippen molar-refractivity contribution >= 4 is 45.0 Å². The van der Waals surface area contributed by atoms with E-state index in [4.69, 9.17) is 29.2 Å². The van der Waals surface area contributed by atoms with Crippen LogP contribution in [0.2, 0.25) is 0 Å². The summed E-state index contributed by atoms with van der Waals surface area (Å²) in [5, 5.41) is 29.2. The molecule has 0 amide bonds. The lowest BCUT2D eigenvalue weighted by atomic mass is 10.1. The zero-order valence-electron chi connectivity index (χ0n) is 39.8. The monoisotopic (exact) mass is 1050 g/mol. The van der Waals surface area contributed by atoms with Crippen LogP contribution in [0.3, 0.4) is 0 Å². The third kappa shape index (κ3) is 8.60. The molecule has 0 aliphatic heterocycles. The van der Waals surface area contributed by atoms with Gasteiger partial charge in [0, 0.05) is 29.2 Å². The summed E-state index contributed by atoms with van der Waals surface area (Å²) in [5.74, 6) is -10.6. The fourth-order valence-electron chi connectivity index (χ4n) is 8.72. The molecule has 10 aromatic rings. The molecule has 78 heavy (non-hydrogen) atoms. The number of nitriles is 3. The summed E-state index contributed by atoms with van der Waals surface area (Å²) in [6.07, 6.45) is 3.17. The van der Waals surface area contributed by atoms with E-state index in [-0.39, 0.29) is 73.2 Å². The Morgan fingerprint density at radius 2 is 0.692 bits per heavy atom. The Kier molecular flexibility index (Phi) is 12.8. The molecular formula is C58H29F6N9O5. The molecule has 0 atom stereocenters. The molecule has 378 valence electrons. The van der Waals surface area contributed by atoms with Gasteiger partial charge in [0.1, 0.15) is 91.0 Å². The van der Waals surface area contributed by atoms with E-state index in [1.54, 1.807) is 18.2 Å². The molecule has 0 N–H and O–H groups in total. The lowest BCUT2D eigenvalue weighted by Gasteiger charge is -2.14. The molecule has 0 unspecified atom stereocenters. The molecule has 0 radical (unpaired) electrons. The molecule has 0 aliphatic rings. The minimum Gasteiger partial charge on any atom is -0.458 e. The zero-order chi connectivity index (χ0) is 55.3. The molecule has 7 aromatic carbocycles. The Morgan fingerprint density at radius 1 is 0.436 bits per heavy atom. The first-order chi connectivity index (χ1) is 37.6. The predicted molar refractivity (Wildman–Crippen MR) is 272 cm³/mol. The lowest BCUT2D eigenvalue weighted by molar-refractivity contribution is -0.129. The van der Waals surface area contributed by atoms with Crippen LogP contribution in [0.25, 0.3) is 84.3 Å². The maximum absolute atomic E-state index is 16.7. The van der Waals surface area contributed by atoms with Gasteiger partial charge in [-0.2, -0.15) is 15.8 Å². The highest BCUT2D eigenvalue weighted by molar-refractivity contribution is 6.22. The molecule has 3 aromatic heterocycles. The van der Waals surface area contributed by atoms with E-state index in [1.165, 1.54) is 92.6 Å². The van der Waals surface area contributed by atoms with Gasteiger partial charge >= 0.3 is 11.9 Å². The Balaban J connectivity index is 1.49. The van der Waals surface area contributed by atoms with Crippen LogP contribution in [0.4, 0.5) is 26.3 Å². The average molecular weight is 1050 g/mol. The van der Waals surface area contributed by atoms with Crippen LogP contribution in [0.1, 0.15) is 16.7 Å². The highest BCUT2D eigenvalue weighted by Gasteiger charge is 2.34. The second-order valence-electron chi connectivity index (χ2n) is 16.7. The molecule has 14 nitrogen and oxygen atoms in total. The van der Waals surface area contributed by atoms with E-state index in [2.05, 4.69) is 26.3 Å². The number of rotatable bonds is 13. The summed E-state index contributed by atoms with van der Waals surface area (Å²) in [6.45, 7) is 14.2. The topological polar surface area (TPSA) is 187 Å². The van der Waals surface area contributed by atoms with E-state index >= 15 is 26.3 Å². The number of halogens is 6. The zero-order valence-corrected chi connectivity index (χ0v) is 39.8. The van der Waals surface area contributed by atoms with Crippen LogP contribution >= 0.6 is 0 Å². The molecule has 0 bridgehead atoms. The first kappa shape index (κ1) is 50.2. The number of allylic oxidation sites excluding steroid dienone is 1. The fourth-order valence-corrected chi connectivity index (χ4v) is 8.72. The van der Waals surface area contributed by atoms with Crippen LogP contribution in [-0.4, -0.2) is 40.6 Å². The average Bonchev–Trinajstić information content (AvgIpc) is 4.34. The van der Waals surface area contributed by atoms with Crippen molar-refractivity contribution in [3.63, 3.8) is 0 Å². The number of carbonyl (C=O) groups is 2. The van der Waals surface area contributed by atoms with Crippen molar-refractivity contribution in [2.24, 2.45) is 0 Å². The van der Waals surface area contributed by atoms with Crippen LogP contribution in [0.5, 0.6) is 17.2 Å². The molecule has 0 fully saturated rings. The molecular weight excluding hydrogens is 1020 g/mol. The minimum atomic E-state index is -1.29. The van der Waals surface area contributed by atoms with Gasteiger partial charge in [0.25, 0.3) is 0 Å². The standard InChI is InChI=1S/C58H29F6N9O5/c1-5-29(4)76-36-14-8-33(9-15-36)71-53-50(68-56(71)47-39(59)20-30(26-65)21-40(47)60)54-52(70-58(49-43(63)24-32(28-67)25-44(49)64)72(54)34-10-16-37(17-11-34)77-45(74)6-2)55-51(53)69-57(48-41(61)22-31(27-66)23-42(48)62)73(55)35-12-18-38(19-13-35)78-46(75)7-3/h5-25H,1-4H2. The molecule has 20 heteroatoms. The van der Waals surface area contributed by atoms with Crippen molar-refractivity contribution in [1.29, 1.82) is 15.8 Å². The summed E-state index contributed by atoms with van der Waals surface area (Å²) in [7, 11) is 0. The summed E-state index contributed by atoms with van der Waals surface area (Å²) >= 11 is 0. The summed E-state index contributed by atoms with van der Waals surface area (Å²) < 4.78 is 120. The van der Waals surface area contributed by atoms with Gasteiger partial charge in [0.15, 0.2) is 17.5 Å². The Hall–Kier alpha value is -11.3. The van der Waals surface area contributed by atoms with Crippen LogP contribution < -0.4 is 14.2 Å². The highest BCUT2D eigenvalue weighted by Crippen LogP contribution is 2.46. The largest absolute Gasteiger partial charge is 0.458 e. The van der Waals surface area contributed by atoms with Gasteiger partial charge in [0.05, 0.1) is 51.6 Å². The first-order valence-electron chi connectivity index (χ1n) is 22.7. The normalized spacial score (nSPS) is 11.0. The third-order valence-corrected chi connectivity index (χ3v) is 12.0. The molecule has 3 heterocycles. The quantitative estimate of drug-likeness (QED) is 0.0267. The second-order valence-corrected chi connectivity index (χ2v) is 16.7. The lowest BCUT2D eigenvalue weighted by Crippen LogP contribution is -2.05. The maximum atomic E-state index is 16.7. The summed E-state index contributed by atoms with van der Waals surface area (Å²) in [5.41, 5.74) is -4.94. The molecule has 0 saturated carbocycles. The van der Waals surface area contributed by atoms with Crippen LogP contribution in [-0.2, 0) is 9.59 Å². The number of nitrogens with zero attached hydrogens (tertiary/aromatic N) is 9. The number of imidazole rings is 3. The Morgan fingerprint density at radius 3 is 0.923 bits per heavy atom. The molecule has 10 rings (SSSR count). The van der Waals surface area contributed by atoms with Crippen LogP contribution in [0.15, 0.2) is 159 Å². The number of hydrogen-bond donors (Lipinski definition) is 0. The predicted octanol–water partition coefficient (Wildman–Crippen LogP) is 12.4. The number of hydrogen-bond acceptors (Lipinski definition) is 11. The smallest absolute Gasteiger partial charge is 0.335 e. The Bertz CT molecular complexity index is 3860. The van der Waals surface area contributed by atoms with Crippen molar-refractivity contribution in [2.45, 2.75) is 0 Å². The van der Waals surface area contributed by atoms with Gasteiger partial charge in [-0.1, -0.05) is 26.3 Å². The highest BCUT2D eigenvalue weighted by atomic mass is 19.2. The summed E-state index contributed by atoms with van der Waals surface area (Å²) in [4.78, 5) is 39.3. The Labute approximate surface area is 436 Å². The third-order valence-electron chi connectivity index (χ3n) is 12.0. The number of fused-ring (bicyclic) bond motifs is 6. The van der Waals surface area contributed by atoms with Crippen molar-refractivity contribution in [1.82, 2.24) is 28.7 Å². The first-order valence-corrected chi connectivity index (χ1v) is 22.7. The van der Waals surface area contributed by atoms with Crippen molar-refractivity contribution in [2.75, 3.05) is 0 Å². The maximum Gasteiger partial charge on any atom is 0.335 e. The van der Waals surface area contributed by atoms with E-state index in [9.17, 15) is 25.4 Å². The molecule has 0 aliphatic carbocycles. The van der Waals surface area contributed by atoms with Crippen molar-refractivity contribution < 1.29 is 50.1 Å². The number of carbonyl (C=O) groups excluding carboxylic acids is 2. The second kappa shape index (κ2) is 19.9. The van der Waals surface area contributed by atoms with E-state index in [0.29, 0.717) is 0 Å². The van der Waals surface area contributed by atoms with Gasteiger partial charge in [-0.3, -0.25) is 13.7 Å². The van der Waals surface area contributed by atoms with Gasteiger partial charge < -0.3 is 14.2 Å². The van der Waals surface area contributed by atoms with Gasteiger partial charge in [0.2, 0.25) is 0 Å². The number of aromatic nitrogens is 6. The van der Waals surface area contributed by atoms with E-state index < -0.39 is 97.7 Å². The van der Waals surface area contributed by atoms with Crippen molar-refractivity contribution in [3.8, 4) is 86.7 Å². The van der Waals surface area contributed by atoms with Gasteiger partial charge in [-0.15, -0.1) is 0 Å². The number of benzene rings is 7. The summed E-state index contributed by atoms with van der Waals surface area (Å²) in [6, 6.07) is 26.3. The molecule has 0 saturated heterocycles. The van der Waals surface area contributed by atoms with Crippen LogP contribution in [0, 0.1) is 68.9 Å². The van der Waals surface area contributed by atoms with E-state index in [1.807, 2.05) is 0 Å². The minimum absolute atomic E-state index is 0.0169. The fraction of sp³-hybridized carbons (Fsp3) is 0. The number of ether oxygens (including phenoxy) is 3.